The largest absolute Gasteiger partial charge is 0.309 e. The second-order valence-corrected chi connectivity index (χ2v) is 18.5. The van der Waals surface area contributed by atoms with E-state index in [-0.39, 0.29) is 5.41 Å². The topological polar surface area (TPSA) is 14.8 Å². The minimum Gasteiger partial charge on any atom is -0.309 e. The van der Waals surface area contributed by atoms with Gasteiger partial charge in [0.15, 0.2) is 0 Å². The molecule has 14 rings (SSSR count). The molecule has 0 saturated heterocycles. The summed E-state index contributed by atoms with van der Waals surface area (Å²) in [5.41, 5.74) is 20.9. The second-order valence-electron chi connectivity index (χ2n) is 18.5. The lowest BCUT2D eigenvalue weighted by atomic mass is 9.82. The maximum absolute atomic E-state index is 2.48. The van der Waals surface area contributed by atoms with Crippen LogP contribution >= 0.6 is 0 Å². The highest BCUT2D eigenvalue weighted by molar-refractivity contribution is 6.13. The third-order valence-electron chi connectivity index (χ3n) is 14.7. The predicted molar refractivity (Wildman–Crippen MR) is 278 cm³/mol. The molecule has 10 aromatic carbocycles. The van der Waals surface area contributed by atoms with Gasteiger partial charge in [-0.3, -0.25) is 0 Å². The molecule has 0 spiro atoms. The molecular weight excluding hydrogens is 799 g/mol. The van der Waals surface area contributed by atoms with Gasteiger partial charge in [-0.25, -0.2) is 0 Å². The van der Waals surface area contributed by atoms with Crippen LogP contribution in [-0.4, -0.2) is 13.7 Å². The van der Waals surface area contributed by atoms with Gasteiger partial charge in [0, 0.05) is 54.8 Å². The first kappa shape index (κ1) is 37.0. The monoisotopic (exact) mass is 841 g/mol. The minimum absolute atomic E-state index is 0.0994. The second kappa shape index (κ2) is 13.8. The lowest BCUT2D eigenvalue weighted by molar-refractivity contribution is 0.660. The minimum atomic E-state index is -0.0994. The third-order valence-corrected chi connectivity index (χ3v) is 14.7. The van der Waals surface area contributed by atoms with E-state index >= 15 is 0 Å². The molecule has 13 aromatic rings. The van der Waals surface area contributed by atoms with Gasteiger partial charge in [0.05, 0.1) is 33.1 Å². The van der Waals surface area contributed by atoms with E-state index in [2.05, 4.69) is 252 Å². The number of rotatable bonds is 5. The molecule has 1 aliphatic carbocycles. The third kappa shape index (κ3) is 5.26. The SMILES string of the molecule is CC1(C)c2ccccc2-c2ccc(-n3c4ccc(-c5ccc(-n6c7ccccc7c7ccccc76)cc5)cc4c4cc(-c5ccc(-n6c7ccccc7c7ccccc76)cc5)ccc43)cc21. The van der Waals surface area contributed by atoms with Gasteiger partial charge in [0.2, 0.25) is 0 Å². The molecule has 310 valence electrons. The number of benzene rings is 10. The van der Waals surface area contributed by atoms with Crippen molar-refractivity contribution in [2.45, 2.75) is 19.3 Å². The van der Waals surface area contributed by atoms with Gasteiger partial charge in [-0.2, -0.15) is 0 Å². The summed E-state index contributed by atoms with van der Waals surface area (Å²) >= 11 is 0. The Morgan fingerprint density at radius 2 is 0.606 bits per heavy atom. The van der Waals surface area contributed by atoms with Crippen LogP contribution in [-0.2, 0) is 5.41 Å². The normalized spacial score (nSPS) is 13.1. The molecule has 0 radical (unpaired) electrons. The first-order chi connectivity index (χ1) is 32.5. The number of aromatic nitrogens is 3. The van der Waals surface area contributed by atoms with Crippen LogP contribution in [0.15, 0.2) is 224 Å². The summed E-state index contributed by atoms with van der Waals surface area (Å²) in [7, 11) is 0. The highest BCUT2D eigenvalue weighted by atomic mass is 15.0. The average molecular weight is 842 g/mol. The molecule has 0 saturated carbocycles. The van der Waals surface area contributed by atoms with Crippen molar-refractivity contribution in [3.63, 3.8) is 0 Å². The Labute approximate surface area is 382 Å². The van der Waals surface area contributed by atoms with Gasteiger partial charge in [0.25, 0.3) is 0 Å². The summed E-state index contributed by atoms with van der Waals surface area (Å²) in [6, 6.07) is 83.2. The standard InChI is InChI=1S/C63H43N3/c1-63(2)55-18-8-3-13-47(55)48-34-33-46(39-56(48)63)66-61-35-27-42(40-23-29-44(30-24-40)64-57-19-9-4-14-49(57)50-15-5-10-20-58(50)64)37-53(61)54-38-43(28-36-62(54)66)41-25-31-45(32-26-41)65-59-21-11-6-16-51(59)52-17-7-12-22-60(52)65/h3-39H,1-2H3. The number of para-hydroxylation sites is 4. The van der Waals surface area contributed by atoms with Crippen LogP contribution in [0.5, 0.6) is 0 Å². The molecule has 3 nitrogen and oxygen atoms in total. The van der Waals surface area contributed by atoms with E-state index in [1.165, 1.54) is 116 Å². The summed E-state index contributed by atoms with van der Waals surface area (Å²) in [6.07, 6.45) is 0. The van der Waals surface area contributed by atoms with Crippen LogP contribution < -0.4 is 0 Å². The molecule has 0 amide bonds. The maximum Gasteiger partial charge on any atom is 0.0541 e. The summed E-state index contributed by atoms with van der Waals surface area (Å²) in [5, 5.41) is 7.56. The Balaban J connectivity index is 0.915. The smallest absolute Gasteiger partial charge is 0.0541 e. The van der Waals surface area contributed by atoms with Gasteiger partial charge in [-0.15, -0.1) is 0 Å². The molecule has 0 N–H and O–H groups in total. The summed E-state index contributed by atoms with van der Waals surface area (Å²) < 4.78 is 7.26. The number of fused-ring (bicyclic) bond motifs is 12. The zero-order valence-electron chi connectivity index (χ0n) is 36.7. The Morgan fingerprint density at radius 1 is 0.258 bits per heavy atom. The molecule has 3 heteroatoms. The summed E-state index contributed by atoms with van der Waals surface area (Å²) in [6.45, 7) is 4.73. The fraction of sp³-hybridized carbons (Fsp3) is 0.0476. The number of hydrogen-bond acceptors (Lipinski definition) is 0. The van der Waals surface area contributed by atoms with E-state index in [0.29, 0.717) is 0 Å². The lowest BCUT2D eigenvalue weighted by Crippen LogP contribution is -2.15. The molecular formula is C63H43N3. The number of hydrogen-bond donors (Lipinski definition) is 0. The highest BCUT2D eigenvalue weighted by Crippen LogP contribution is 2.50. The van der Waals surface area contributed by atoms with Crippen LogP contribution in [0.1, 0.15) is 25.0 Å². The van der Waals surface area contributed by atoms with Gasteiger partial charge < -0.3 is 13.7 Å². The van der Waals surface area contributed by atoms with Gasteiger partial charge in [-0.05, 0) is 129 Å². The van der Waals surface area contributed by atoms with E-state index in [1.807, 2.05) is 0 Å². The van der Waals surface area contributed by atoms with Crippen LogP contribution in [0, 0.1) is 0 Å². The van der Waals surface area contributed by atoms with Crippen LogP contribution in [0.3, 0.4) is 0 Å². The van der Waals surface area contributed by atoms with Crippen LogP contribution in [0.2, 0.25) is 0 Å². The van der Waals surface area contributed by atoms with Crippen LogP contribution in [0.4, 0.5) is 0 Å². The van der Waals surface area contributed by atoms with Crippen molar-refractivity contribution in [2.24, 2.45) is 0 Å². The van der Waals surface area contributed by atoms with Crippen molar-refractivity contribution in [1.29, 1.82) is 0 Å². The number of nitrogens with zero attached hydrogens (tertiary/aromatic N) is 3. The molecule has 0 bridgehead atoms. The lowest BCUT2D eigenvalue weighted by Gasteiger charge is -2.22. The Bertz CT molecular complexity index is 3800. The van der Waals surface area contributed by atoms with Crippen LogP contribution in [0.25, 0.3) is 116 Å². The molecule has 0 fully saturated rings. The van der Waals surface area contributed by atoms with Crippen molar-refractivity contribution in [3.8, 4) is 50.4 Å². The summed E-state index contributed by atoms with van der Waals surface area (Å²) in [4.78, 5) is 0. The Kier molecular flexibility index (Phi) is 7.74. The fourth-order valence-electron chi connectivity index (χ4n) is 11.5. The first-order valence-electron chi connectivity index (χ1n) is 23.0. The van der Waals surface area contributed by atoms with E-state index < -0.39 is 0 Å². The van der Waals surface area contributed by atoms with E-state index in [1.54, 1.807) is 0 Å². The molecule has 66 heavy (non-hydrogen) atoms. The van der Waals surface area contributed by atoms with Crippen molar-refractivity contribution >= 4 is 65.4 Å². The highest BCUT2D eigenvalue weighted by Gasteiger charge is 2.35. The molecule has 3 heterocycles. The molecule has 0 unspecified atom stereocenters. The average Bonchev–Trinajstić information content (AvgIpc) is 4.07. The zero-order valence-corrected chi connectivity index (χ0v) is 36.7. The Morgan fingerprint density at radius 3 is 1.08 bits per heavy atom. The van der Waals surface area contributed by atoms with E-state index in [9.17, 15) is 0 Å². The van der Waals surface area contributed by atoms with Gasteiger partial charge in [0.1, 0.15) is 0 Å². The van der Waals surface area contributed by atoms with E-state index in [4.69, 9.17) is 0 Å². The van der Waals surface area contributed by atoms with Crippen molar-refractivity contribution in [3.05, 3.63) is 236 Å². The Hall–Kier alpha value is -8.40. The van der Waals surface area contributed by atoms with Gasteiger partial charge in [-0.1, -0.05) is 153 Å². The first-order valence-corrected chi connectivity index (χ1v) is 23.0. The maximum atomic E-state index is 2.48. The zero-order chi connectivity index (χ0) is 43.7. The molecule has 0 atom stereocenters. The van der Waals surface area contributed by atoms with Crippen molar-refractivity contribution in [1.82, 2.24) is 13.7 Å². The van der Waals surface area contributed by atoms with Gasteiger partial charge >= 0.3 is 0 Å². The molecule has 0 aliphatic heterocycles. The van der Waals surface area contributed by atoms with E-state index in [0.717, 1.165) is 11.4 Å². The predicted octanol–water partition coefficient (Wildman–Crippen LogP) is 16.6. The summed E-state index contributed by atoms with van der Waals surface area (Å²) in [5.74, 6) is 0. The quantitative estimate of drug-likeness (QED) is 0.164. The fourth-order valence-corrected chi connectivity index (χ4v) is 11.5. The van der Waals surface area contributed by atoms with Crippen molar-refractivity contribution < 1.29 is 0 Å². The molecule has 1 aliphatic rings. The molecule has 3 aromatic heterocycles. The van der Waals surface area contributed by atoms with Crippen molar-refractivity contribution in [2.75, 3.05) is 0 Å².